The van der Waals surface area contributed by atoms with E-state index in [4.69, 9.17) is 4.98 Å². The Bertz CT molecular complexity index is 981. The molecule has 4 nitrogen and oxygen atoms in total. The summed E-state index contributed by atoms with van der Waals surface area (Å²) in [6, 6.07) is 16.6. The van der Waals surface area contributed by atoms with Crippen LogP contribution in [0.2, 0.25) is 0 Å². The van der Waals surface area contributed by atoms with Gasteiger partial charge in [-0.3, -0.25) is 9.69 Å². The summed E-state index contributed by atoms with van der Waals surface area (Å²) in [5, 5.41) is 1.22. The van der Waals surface area contributed by atoms with Gasteiger partial charge in [0.2, 0.25) is 5.91 Å². The number of amides is 1. The molecular formula is C23H25N3OS. The van der Waals surface area contributed by atoms with Gasteiger partial charge >= 0.3 is 0 Å². The summed E-state index contributed by atoms with van der Waals surface area (Å²) in [5.41, 5.74) is 3.48. The van der Waals surface area contributed by atoms with E-state index in [1.165, 1.54) is 15.3 Å². The first-order valence-electron chi connectivity index (χ1n) is 10.2. The predicted molar refractivity (Wildman–Crippen MR) is 115 cm³/mol. The smallest absolute Gasteiger partial charge is 0.244 e. The molecule has 1 saturated heterocycles. The average molecular weight is 392 g/mol. The number of anilines is 1. The van der Waals surface area contributed by atoms with Gasteiger partial charge in [0, 0.05) is 24.7 Å². The molecule has 0 spiro atoms. The third-order valence-corrected chi connectivity index (χ3v) is 7.37. The quantitative estimate of drug-likeness (QED) is 0.662. The van der Waals surface area contributed by atoms with E-state index in [-0.39, 0.29) is 11.9 Å². The van der Waals surface area contributed by atoms with Gasteiger partial charge < -0.3 is 4.90 Å². The molecule has 3 heterocycles. The number of carbonyl (C=O) groups is 1. The van der Waals surface area contributed by atoms with Gasteiger partial charge in [-0.15, -0.1) is 11.3 Å². The topological polar surface area (TPSA) is 36.4 Å². The number of fused-ring (bicyclic) bond motifs is 2. The van der Waals surface area contributed by atoms with E-state index in [0.717, 1.165) is 50.1 Å². The van der Waals surface area contributed by atoms with E-state index in [0.29, 0.717) is 5.92 Å². The van der Waals surface area contributed by atoms with Crippen molar-refractivity contribution in [3.05, 3.63) is 59.1 Å². The molecule has 144 valence electrons. The number of hydrogen-bond donors (Lipinski definition) is 0. The lowest BCUT2D eigenvalue weighted by atomic mass is 9.97. The van der Waals surface area contributed by atoms with E-state index in [1.54, 1.807) is 0 Å². The summed E-state index contributed by atoms with van der Waals surface area (Å²) in [4.78, 5) is 22.5. The third kappa shape index (κ3) is 3.12. The van der Waals surface area contributed by atoms with Gasteiger partial charge in [0.05, 0.1) is 21.3 Å². The van der Waals surface area contributed by atoms with Crippen molar-refractivity contribution in [2.45, 2.75) is 38.1 Å². The molecule has 2 atom stereocenters. The molecule has 0 N–H and O–H groups in total. The number of carbonyl (C=O) groups excluding carboxylic acids is 1. The Morgan fingerprint density at radius 3 is 2.86 bits per heavy atom. The predicted octanol–water partition coefficient (Wildman–Crippen LogP) is 4.45. The maximum atomic E-state index is 13.3. The fourth-order valence-electron chi connectivity index (χ4n) is 4.57. The van der Waals surface area contributed by atoms with Gasteiger partial charge in [-0.2, -0.15) is 0 Å². The van der Waals surface area contributed by atoms with Gasteiger partial charge in [-0.05, 0) is 56.5 Å². The molecular weight excluding hydrogens is 366 g/mol. The molecule has 2 aliphatic heterocycles. The SMILES string of the molecule is C[C@@H](C(=O)N1CCc2ccccc21)N1CCC[C@H](c2nc3ccccc3s2)C1. The first-order chi connectivity index (χ1) is 13.7. The second-order valence-electron chi connectivity index (χ2n) is 7.90. The van der Waals surface area contributed by atoms with Crippen LogP contribution < -0.4 is 4.90 Å². The van der Waals surface area contributed by atoms with Gasteiger partial charge in [0.25, 0.3) is 0 Å². The zero-order valence-electron chi connectivity index (χ0n) is 16.2. The minimum atomic E-state index is -0.0941. The van der Waals surface area contributed by atoms with Gasteiger partial charge in [0.1, 0.15) is 0 Å². The number of thiazole rings is 1. The molecule has 2 aromatic carbocycles. The number of para-hydroxylation sites is 2. The van der Waals surface area contributed by atoms with Crippen molar-refractivity contribution in [3.63, 3.8) is 0 Å². The third-order valence-electron chi connectivity index (χ3n) is 6.17. The monoisotopic (exact) mass is 391 g/mol. The van der Waals surface area contributed by atoms with Crippen LogP contribution in [0.15, 0.2) is 48.5 Å². The number of piperidine rings is 1. The van der Waals surface area contributed by atoms with Crippen molar-refractivity contribution in [1.29, 1.82) is 0 Å². The number of nitrogens with zero attached hydrogens (tertiary/aromatic N) is 3. The molecule has 5 rings (SSSR count). The van der Waals surface area contributed by atoms with Crippen molar-refractivity contribution in [2.24, 2.45) is 0 Å². The molecule has 1 fully saturated rings. The number of aromatic nitrogens is 1. The van der Waals surface area contributed by atoms with Crippen LogP contribution in [0.25, 0.3) is 10.2 Å². The standard InChI is InChI=1S/C23H25N3OS/c1-16(23(27)26-14-12-17-7-2-4-10-20(17)26)25-13-6-8-18(15-25)22-24-19-9-3-5-11-21(19)28-22/h2-5,7,9-11,16,18H,6,8,12-15H2,1H3/t16-,18-/m0/s1. The fourth-order valence-corrected chi connectivity index (χ4v) is 5.67. The summed E-state index contributed by atoms with van der Waals surface area (Å²) in [5.74, 6) is 0.655. The first kappa shape index (κ1) is 17.8. The molecule has 0 aliphatic carbocycles. The molecule has 2 aliphatic rings. The molecule has 0 unspecified atom stereocenters. The van der Waals surface area contributed by atoms with E-state index in [9.17, 15) is 4.79 Å². The van der Waals surface area contributed by atoms with Crippen molar-refractivity contribution in [1.82, 2.24) is 9.88 Å². The lowest BCUT2D eigenvalue weighted by Gasteiger charge is -2.37. The largest absolute Gasteiger partial charge is 0.310 e. The summed E-state index contributed by atoms with van der Waals surface area (Å²) in [7, 11) is 0. The van der Waals surface area contributed by atoms with Crippen molar-refractivity contribution in [2.75, 3.05) is 24.5 Å². The molecule has 0 saturated carbocycles. The number of benzene rings is 2. The molecule has 5 heteroatoms. The molecule has 0 radical (unpaired) electrons. The Morgan fingerprint density at radius 1 is 1.14 bits per heavy atom. The summed E-state index contributed by atoms with van der Waals surface area (Å²) < 4.78 is 1.26. The highest BCUT2D eigenvalue weighted by molar-refractivity contribution is 7.18. The Labute approximate surface area is 169 Å². The molecule has 28 heavy (non-hydrogen) atoms. The Hall–Kier alpha value is -2.24. The molecule has 3 aromatic rings. The highest BCUT2D eigenvalue weighted by Crippen LogP contribution is 2.34. The Morgan fingerprint density at radius 2 is 1.96 bits per heavy atom. The minimum absolute atomic E-state index is 0.0941. The fraction of sp³-hybridized carbons (Fsp3) is 0.391. The van der Waals surface area contributed by atoms with Crippen LogP contribution in [0, 0.1) is 0 Å². The number of hydrogen-bond acceptors (Lipinski definition) is 4. The van der Waals surface area contributed by atoms with Gasteiger partial charge in [0.15, 0.2) is 0 Å². The van der Waals surface area contributed by atoms with Crippen LogP contribution in [0.1, 0.15) is 36.3 Å². The van der Waals surface area contributed by atoms with Crippen LogP contribution in [-0.2, 0) is 11.2 Å². The van der Waals surface area contributed by atoms with Crippen molar-refractivity contribution in [3.8, 4) is 0 Å². The van der Waals surface area contributed by atoms with E-state index >= 15 is 0 Å². The minimum Gasteiger partial charge on any atom is -0.310 e. The maximum absolute atomic E-state index is 13.3. The molecule has 1 amide bonds. The normalized spacial score (nSPS) is 21.0. The van der Waals surface area contributed by atoms with Gasteiger partial charge in [-0.1, -0.05) is 30.3 Å². The van der Waals surface area contributed by atoms with E-state index in [2.05, 4.69) is 48.2 Å². The summed E-state index contributed by atoms with van der Waals surface area (Å²) in [6.45, 7) is 4.79. The number of likely N-dealkylation sites (tertiary alicyclic amines) is 1. The molecule has 0 bridgehead atoms. The maximum Gasteiger partial charge on any atom is 0.244 e. The Balaban J connectivity index is 1.32. The van der Waals surface area contributed by atoms with E-state index < -0.39 is 0 Å². The number of rotatable bonds is 3. The van der Waals surface area contributed by atoms with Crippen LogP contribution in [0.4, 0.5) is 5.69 Å². The zero-order valence-corrected chi connectivity index (χ0v) is 17.0. The molecule has 1 aromatic heterocycles. The highest BCUT2D eigenvalue weighted by atomic mass is 32.1. The zero-order chi connectivity index (χ0) is 19.1. The van der Waals surface area contributed by atoms with Crippen molar-refractivity contribution >= 4 is 33.1 Å². The second kappa shape index (κ2) is 7.30. The first-order valence-corrected chi connectivity index (χ1v) is 11.0. The van der Waals surface area contributed by atoms with Gasteiger partial charge in [-0.25, -0.2) is 4.98 Å². The lowest BCUT2D eigenvalue weighted by Crippen LogP contribution is -2.49. The Kier molecular flexibility index (Phi) is 4.65. The lowest BCUT2D eigenvalue weighted by molar-refractivity contribution is -0.123. The second-order valence-corrected chi connectivity index (χ2v) is 8.96. The summed E-state index contributed by atoms with van der Waals surface area (Å²) >= 11 is 1.81. The van der Waals surface area contributed by atoms with E-state index in [1.807, 2.05) is 28.4 Å². The average Bonchev–Trinajstić information content (AvgIpc) is 3.37. The van der Waals surface area contributed by atoms with Crippen LogP contribution in [-0.4, -0.2) is 41.5 Å². The summed E-state index contributed by atoms with van der Waals surface area (Å²) in [6.07, 6.45) is 3.24. The van der Waals surface area contributed by atoms with Crippen LogP contribution in [0.5, 0.6) is 0 Å². The van der Waals surface area contributed by atoms with Crippen LogP contribution in [0.3, 0.4) is 0 Å². The van der Waals surface area contributed by atoms with Crippen molar-refractivity contribution < 1.29 is 4.79 Å². The van der Waals surface area contributed by atoms with Crippen LogP contribution >= 0.6 is 11.3 Å². The highest BCUT2D eigenvalue weighted by Gasteiger charge is 2.34.